The molecule has 1 N–H and O–H groups in total. The first-order chi connectivity index (χ1) is 20.8. The molecule has 3 fully saturated rings. The van der Waals surface area contributed by atoms with Crippen LogP contribution in [-0.2, 0) is 15.0 Å². The Labute approximate surface area is 250 Å². The molecule has 0 saturated heterocycles. The Kier molecular flexibility index (Phi) is 6.47. The molecule has 43 heavy (non-hydrogen) atoms. The highest BCUT2D eigenvalue weighted by atomic mass is 32.1. The Morgan fingerprint density at radius 2 is 1.84 bits per heavy atom. The van der Waals surface area contributed by atoms with Crippen molar-refractivity contribution in [3.8, 4) is 17.7 Å². The first-order valence-electron chi connectivity index (χ1n) is 14.2. The van der Waals surface area contributed by atoms with E-state index in [1.54, 1.807) is 31.2 Å². The minimum absolute atomic E-state index is 0.0463. The average molecular weight is 596 g/mol. The van der Waals surface area contributed by atoms with Crippen molar-refractivity contribution in [1.29, 1.82) is 5.26 Å². The number of carbonyl (C=O) groups excluding carboxylic acids is 3. The standard InChI is InChI=1S/C32H26FN5O4S/c1-17-21(3-2-4-22(17)32(16-34)13-14-32)30(41)38(29(40)19-7-8-19)25-15-20(9-10-23(25)33)42-26-12-11-24-28(36-26)43-31(35-24)37-27(39)18-5-6-18/h2-4,9-12,15,18-19H,5-8,13-14H2,1H3,(H,35,37,39). The minimum Gasteiger partial charge on any atom is -0.439 e. The molecule has 11 heteroatoms. The lowest BCUT2D eigenvalue weighted by Crippen LogP contribution is -2.39. The summed E-state index contributed by atoms with van der Waals surface area (Å²) < 4.78 is 21.3. The zero-order valence-corrected chi connectivity index (χ0v) is 24.0. The number of anilines is 2. The lowest BCUT2D eigenvalue weighted by molar-refractivity contribution is -0.119. The van der Waals surface area contributed by atoms with Gasteiger partial charge in [-0.25, -0.2) is 19.3 Å². The van der Waals surface area contributed by atoms with Crippen LogP contribution in [0.2, 0.25) is 0 Å². The van der Waals surface area contributed by atoms with E-state index in [9.17, 15) is 19.6 Å². The molecule has 2 aromatic carbocycles. The van der Waals surface area contributed by atoms with Crippen LogP contribution in [0.1, 0.15) is 60.0 Å². The summed E-state index contributed by atoms with van der Waals surface area (Å²) in [5.41, 5.74) is 1.38. The quantitative estimate of drug-likeness (QED) is 0.233. The fourth-order valence-corrected chi connectivity index (χ4v) is 6.06. The van der Waals surface area contributed by atoms with Crippen LogP contribution in [-0.4, -0.2) is 27.7 Å². The van der Waals surface area contributed by atoms with E-state index < -0.39 is 23.0 Å². The number of carbonyl (C=O) groups is 3. The SMILES string of the molecule is Cc1c(C(=O)N(C(=O)C2CC2)c2cc(Oc3ccc4nc(NC(=O)C5CC5)sc4n3)ccc2F)cccc1C1(C#N)CC1. The number of ether oxygens (including phenoxy) is 1. The zero-order chi connectivity index (χ0) is 29.9. The van der Waals surface area contributed by atoms with Crippen molar-refractivity contribution in [3.63, 3.8) is 0 Å². The Balaban J connectivity index is 1.19. The predicted molar refractivity (Wildman–Crippen MR) is 157 cm³/mol. The monoisotopic (exact) mass is 595 g/mol. The highest BCUT2D eigenvalue weighted by molar-refractivity contribution is 7.21. The third-order valence-corrected chi connectivity index (χ3v) is 9.06. The number of nitrogens with zero attached hydrogens (tertiary/aromatic N) is 4. The third-order valence-electron chi connectivity index (χ3n) is 8.18. The molecule has 216 valence electrons. The number of thiazole rings is 1. The minimum atomic E-state index is -0.749. The number of aromatic nitrogens is 2. The van der Waals surface area contributed by atoms with Gasteiger partial charge in [0.2, 0.25) is 17.7 Å². The molecule has 0 aliphatic heterocycles. The normalized spacial score (nSPS) is 16.8. The predicted octanol–water partition coefficient (Wildman–Crippen LogP) is 6.42. The Morgan fingerprint density at radius 3 is 2.53 bits per heavy atom. The van der Waals surface area contributed by atoms with E-state index in [-0.39, 0.29) is 40.6 Å². The van der Waals surface area contributed by atoms with E-state index in [2.05, 4.69) is 21.4 Å². The number of benzene rings is 2. The molecule has 2 aromatic heterocycles. The maximum absolute atomic E-state index is 15.4. The average Bonchev–Trinajstić information content (AvgIpc) is 3.85. The van der Waals surface area contributed by atoms with Gasteiger partial charge in [-0.15, -0.1) is 0 Å². The van der Waals surface area contributed by atoms with Gasteiger partial charge in [-0.05, 0) is 80.8 Å². The van der Waals surface area contributed by atoms with E-state index >= 15 is 4.39 Å². The molecule has 0 spiro atoms. The third kappa shape index (κ3) is 5.12. The summed E-state index contributed by atoms with van der Waals surface area (Å²) in [6.07, 6.45) is 4.43. The highest BCUT2D eigenvalue weighted by Gasteiger charge is 2.47. The van der Waals surface area contributed by atoms with Gasteiger partial charge < -0.3 is 10.1 Å². The van der Waals surface area contributed by atoms with E-state index in [1.165, 1.54) is 23.5 Å². The molecule has 0 unspecified atom stereocenters. The number of halogens is 1. The first kappa shape index (κ1) is 27.2. The molecule has 0 atom stereocenters. The van der Waals surface area contributed by atoms with Crippen LogP contribution in [0.5, 0.6) is 11.6 Å². The van der Waals surface area contributed by atoms with Crippen LogP contribution in [0.15, 0.2) is 48.5 Å². The van der Waals surface area contributed by atoms with Gasteiger partial charge >= 0.3 is 0 Å². The number of pyridine rings is 1. The molecular formula is C32H26FN5O4S. The van der Waals surface area contributed by atoms with Crippen molar-refractivity contribution < 1.29 is 23.5 Å². The second kappa shape index (κ2) is 10.2. The summed E-state index contributed by atoms with van der Waals surface area (Å²) in [5, 5.41) is 13.0. The molecule has 3 amide bonds. The van der Waals surface area contributed by atoms with Gasteiger partial charge in [0, 0.05) is 29.5 Å². The van der Waals surface area contributed by atoms with Gasteiger partial charge in [0.25, 0.3) is 5.91 Å². The summed E-state index contributed by atoms with van der Waals surface area (Å²) in [7, 11) is 0. The van der Waals surface area contributed by atoms with Gasteiger partial charge in [0.1, 0.15) is 21.9 Å². The molecule has 0 radical (unpaired) electrons. The van der Waals surface area contributed by atoms with E-state index in [4.69, 9.17) is 4.74 Å². The van der Waals surface area contributed by atoms with Crippen LogP contribution in [0, 0.1) is 35.9 Å². The van der Waals surface area contributed by atoms with Crippen LogP contribution in [0.3, 0.4) is 0 Å². The van der Waals surface area contributed by atoms with Gasteiger partial charge in [-0.2, -0.15) is 5.26 Å². The second-order valence-electron chi connectivity index (χ2n) is 11.4. The van der Waals surface area contributed by atoms with Crippen molar-refractivity contribution in [1.82, 2.24) is 9.97 Å². The molecule has 2 heterocycles. The van der Waals surface area contributed by atoms with Crippen LogP contribution >= 0.6 is 11.3 Å². The maximum atomic E-state index is 15.4. The lowest BCUT2D eigenvalue weighted by Gasteiger charge is -2.24. The largest absolute Gasteiger partial charge is 0.439 e. The summed E-state index contributed by atoms with van der Waals surface area (Å²) in [6.45, 7) is 1.76. The molecular weight excluding hydrogens is 569 g/mol. The first-order valence-corrected chi connectivity index (χ1v) is 15.0. The van der Waals surface area contributed by atoms with Crippen molar-refractivity contribution in [2.45, 2.75) is 50.9 Å². The number of hydrogen-bond acceptors (Lipinski definition) is 8. The van der Waals surface area contributed by atoms with Gasteiger partial charge in [0.15, 0.2) is 5.13 Å². The number of rotatable bonds is 8. The van der Waals surface area contributed by atoms with E-state index in [1.807, 2.05) is 6.07 Å². The van der Waals surface area contributed by atoms with Crippen molar-refractivity contribution in [2.75, 3.05) is 10.2 Å². The van der Waals surface area contributed by atoms with E-state index in [0.29, 0.717) is 46.7 Å². The number of hydrogen-bond donors (Lipinski definition) is 1. The van der Waals surface area contributed by atoms with Gasteiger partial charge in [0.05, 0.1) is 17.2 Å². The molecule has 7 rings (SSSR count). The Hall–Kier alpha value is -4.69. The Bertz CT molecular complexity index is 1870. The summed E-state index contributed by atoms with van der Waals surface area (Å²) in [4.78, 5) is 49.9. The van der Waals surface area contributed by atoms with Crippen molar-refractivity contribution in [2.24, 2.45) is 11.8 Å². The fraction of sp³-hybridized carbons (Fsp3) is 0.312. The molecule has 4 aromatic rings. The molecule has 3 saturated carbocycles. The van der Waals surface area contributed by atoms with Crippen molar-refractivity contribution >= 4 is 50.2 Å². The Morgan fingerprint density at radius 1 is 1.07 bits per heavy atom. The van der Waals surface area contributed by atoms with Crippen molar-refractivity contribution in [3.05, 3.63) is 71.0 Å². The van der Waals surface area contributed by atoms with Crippen LogP contribution in [0.4, 0.5) is 15.2 Å². The van der Waals surface area contributed by atoms with Crippen LogP contribution in [0.25, 0.3) is 10.3 Å². The lowest BCUT2D eigenvalue weighted by atomic mass is 9.90. The second-order valence-corrected chi connectivity index (χ2v) is 12.4. The number of imide groups is 1. The number of amides is 3. The molecule has 3 aliphatic rings. The number of fused-ring (bicyclic) bond motifs is 1. The summed E-state index contributed by atoms with van der Waals surface area (Å²) in [5.74, 6) is -1.85. The van der Waals surface area contributed by atoms with E-state index in [0.717, 1.165) is 29.4 Å². The highest BCUT2D eigenvalue weighted by Crippen LogP contribution is 2.49. The summed E-state index contributed by atoms with van der Waals surface area (Å²) >= 11 is 1.22. The smallest absolute Gasteiger partial charge is 0.265 e. The molecule has 3 aliphatic carbocycles. The topological polar surface area (TPSA) is 125 Å². The number of nitriles is 1. The molecule has 9 nitrogen and oxygen atoms in total. The zero-order valence-electron chi connectivity index (χ0n) is 23.2. The number of nitrogens with one attached hydrogen (secondary N) is 1. The maximum Gasteiger partial charge on any atom is 0.265 e. The van der Waals surface area contributed by atoms with Gasteiger partial charge in [-0.1, -0.05) is 23.5 Å². The molecule has 0 bridgehead atoms. The summed E-state index contributed by atoms with van der Waals surface area (Å²) in [6, 6.07) is 14.7. The van der Waals surface area contributed by atoms with Gasteiger partial charge in [-0.3, -0.25) is 14.4 Å². The fourth-order valence-electron chi connectivity index (χ4n) is 5.23. The van der Waals surface area contributed by atoms with Crippen LogP contribution < -0.4 is 15.0 Å².